The molecule has 0 saturated carbocycles. The van der Waals surface area contributed by atoms with Crippen LogP contribution < -0.4 is 4.74 Å². The first-order valence-electron chi connectivity index (χ1n) is 5.08. The number of carbonyl (C=O) groups is 1. The van der Waals surface area contributed by atoms with Crippen LogP contribution in [0.3, 0.4) is 0 Å². The summed E-state index contributed by atoms with van der Waals surface area (Å²) in [4.78, 5) is 21.5. The van der Waals surface area contributed by atoms with Crippen molar-refractivity contribution in [3.63, 3.8) is 0 Å². The molecule has 0 heterocycles. The molecule has 0 fully saturated rings. The zero-order valence-electron chi connectivity index (χ0n) is 9.86. The van der Waals surface area contributed by atoms with Crippen LogP contribution in [0.5, 0.6) is 5.75 Å². The number of rotatable bonds is 5. The molecule has 0 radical (unpaired) electrons. The number of nitrogens with zero attached hydrogens (tertiary/aromatic N) is 1. The molecule has 0 atom stereocenters. The highest BCUT2D eigenvalue weighted by Gasteiger charge is 2.29. The van der Waals surface area contributed by atoms with Crippen LogP contribution in [0.25, 0.3) is 0 Å². The molecule has 0 aromatic heterocycles. The van der Waals surface area contributed by atoms with E-state index in [1.54, 1.807) is 0 Å². The minimum atomic E-state index is -4.53. The Morgan fingerprint density at radius 3 is 2.58 bits per heavy atom. The molecular weight excluding hydrogens is 267 g/mol. The number of methoxy groups -OCH3 is 1. The summed E-state index contributed by atoms with van der Waals surface area (Å²) in [6.45, 7) is -1.54. The first-order valence-corrected chi connectivity index (χ1v) is 5.08. The number of ether oxygens (including phenoxy) is 2. The van der Waals surface area contributed by atoms with Gasteiger partial charge in [0.05, 0.1) is 13.5 Å². The lowest BCUT2D eigenvalue weighted by atomic mass is 10.1. The molecule has 104 valence electrons. The minimum absolute atomic E-state index is 0.141. The summed E-state index contributed by atoms with van der Waals surface area (Å²) in [6.07, 6.45) is -4.67. The van der Waals surface area contributed by atoms with Gasteiger partial charge in [-0.3, -0.25) is 4.79 Å². The molecule has 1 rings (SSSR count). The van der Waals surface area contributed by atoms with Gasteiger partial charge in [0, 0.05) is 0 Å². The molecule has 0 saturated heterocycles. The van der Waals surface area contributed by atoms with Gasteiger partial charge in [-0.2, -0.15) is 13.2 Å². The van der Waals surface area contributed by atoms with Crippen molar-refractivity contribution in [2.24, 2.45) is 5.18 Å². The van der Waals surface area contributed by atoms with Crippen LogP contribution in [0.2, 0.25) is 0 Å². The van der Waals surface area contributed by atoms with E-state index in [9.17, 15) is 22.9 Å². The first kappa shape index (κ1) is 14.9. The van der Waals surface area contributed by atoms with E-state index < -0.39 is 18.8 Å². The van der Waals surface area contributed by atoms with E-state index in [2.05, 4.69) is 14.7 Å². The maximum atomic E-state index is 12.0. The van der Waals surface area contributed by atoms with Crippen LogP contribution in [0.1, 0.15) is 5.56 Å². The highest BCUT2D eigenvalue weighted by atomic mass is 19.4. The standard InChI is InChI=1S/C11H10F3NO4/c1-18-10(16)5-7-2-3-8(15-17)9(4-7)19-6-11(12,13)14/h2-4H,5-6H2,1H3. The number of hydrogen-bond donors (Lipinski definition) is 0. The average molecular weight is 277 g/mol. The quantitative estimate of drug-likeness (QED) is 0.613. The maximum Gasteiger partial charge on any atom is 0.422 e. The average Bonchev–Trinajstić information content (AvgIpc) is 2.35. The molecule has 0 amide bonds. The van der Waals surface area contributed by atoms with E-state index in [1.807, 2.05) is 0 Å². The van der Waals surface area contributed by atoms with Crippen molar-refractivity contribution >= 4 is 11.7 Å². The summed E-state index contributed by atoms with van der Waals surface area (Å²) < 4.78 is 45.0. The third-order valence-electron chi connectivity index (χ3n) is 2.09. The second kappa shape index (κ2) is 6.17. The fraction of sp³-hybridized carbons (Fsp3) is 0.364. The molecule has 0 aliphatic heterocycles. The van der Waals surface area contributed by atoms with Gasteiger partial charge in [0.25, 0.3) is 0 Å². The molecule has 0 unspecified atom stereocenters. The summed E-state index contributed by atoms with van der Waals surface area (Å²) >= 11 is 0. The molecular formula is C11H10F3NO4. The van der Waals surface area contributed by atoms with Crippen molar-refractivity contribution in [2.75, 3.05) is 13.7 Å². The third-order valence-corrected chi connectivity index (χ3v) is 2.09. The third kappa shape index (κ3) is 4.94. The van der Waals surface area contributed by atoms with Gasteiger partial charge in [-0.05, 0) is 22.9 Å². The largest absolute Gasteiger partial charge is 0.482 e. The fourth-order valence-corrected chi connectivity index (χ4v) is 1.26. The van der Waals surface area contributed by atoms with Gasteiger partial charge in [0.2, 0.25) is 0 Å². The predicted octanol–water partition coefficient (Wildman–Crippen LogP) is 2.74. The van der Waals surface area contributed by atoms with Gasteiger partial charge in [-0.25, -0.2) is 0 Å². The predicted molar refractivity (Wildman–Crippen MR) is 59.2 cm³/mol. The van der Waals surface area contributed by atoms with Crippen LogP contribution in [0.15, 0.2) is 23.4 Å². The summed E-state index contributed by atoms with van der Waals surface area (Å²) in [5, 5.41) is 2.55. The molecule has 0 spiro atoms. The summed E-state index contributed by atoms with van der Waals surface area (Å²) in [5.41, 5.74) is 0.0919. The van der Waals surface area contributed by atoms with Crippen LogP contribution in [-0.4, -0.2) is 25.9 Å². The Kier molecular flexibility index (Phi) is 4.85. The van der Waals surface area contributed by atoms with Gasteiger partial charge in [-0.15, -0.1) is 4.91 Å². The van der Waals surface area contributed by atoms with Crippen LogP contribution in [0.4, 0.5) is 18.9 Å². The number of benzene rings is 1. The number of halogens is 3. The van der Waals surface area contributed by atoms with Crippen molar-refractivity contribution in [3.05, 3.63) is 28.7 Å². The Morgan fingerprint density at radius 1 is 1.37 bits per heavy atom. The molecule has 0 aliphatic rings. The summed E-state index contributed by atoms with van der Waals surface area (Å²) in [7, 11) is 1.19. The van der Waals surface area contributed by atoms with Crippen LogP contribution >= 0.6 is 0 Å². The molecule has 0 N–H and O–H groups in total. The monoisotopic (exact) mass is 277 g/mol. The Hall–Kier alpha value is -2.12. The van der Waals surface area contributed by atoms with E-state index in [4.69, 9.17) is 0 Å². The highest BCUT2D eigenvalue weighted by Crippen LogP contribution is 2.30. The number of hydrogen-bond acceptors (Lipinski definition) is 5. The SMILES string of the molecule is COC(=O)Cc1ccc(N=O)c(OCC(F)(F)F)c1. The van der Waals surface area contributed by atoms with Gasteiger partial charge >= 0.3 is 12.1 Å². The molecule has 1 aromatic carbocycles. The molecule has 1 aromatic rings. The van der Waals surface area contributed by atoms with E-state index >= 15 is 0 Å². The summed E-state index contributed by atoms with van der Waals surface area (Å²) in [6, 6.07) is 3.71. The fourth-order valence-electron chi connectivity index (χ4n) is 1.26. The van der Waals surface area contributed by atoms with E-state index in [1.165, 1.54) is 19.2 Å². The lowest BCUT2D eigenvalue weighted by Crippen LogP contribution is -2.19. The normalized spacial score (nSPS) is 10.9. The number of esters is 1. The molecule has 0 aliphatic carbocycles. The highest BCUT2D eigenvalue weighted by molar-refractivity contribution is 5.73. The molecule has 0 bridgehead atoms. The Bertz CT molecular complexity index is 473. The van der Waals surface area contributed by atoms with E-state index in [0.29, 0.717) is 5.56 Å². The molecule has 19 heavy (non-hydrogen) atoms. The van der Waals surface area contributed by atoms with Gasteiger partial charge in [-0.1, -0.05) is 6.07 Å². The van der Waals surface area contributed by atoms with Crippen molar-refractivity contribution in [1.29, 1.82) is 0 Å². The first-order chi connectivity index (χ1) is 8.85. The number of nitroso groups, excluding NO2 is 1. The van der Waals surface area contributed by atoms with Crippen LogP contribution in [-0.2, 0) is 16.0 Å². The smallest absolute Gasteiger partial charge is 0.422 e. The van der Waals surface area contributed by atoms with E-state index in [0.717, 1.165) is 6.07 Å². The zero-order chi connectivity index (χ0) is 14.5. The lowest BCUT2D eigenvalue weighted by Gasteiger charge is -2.11. The van der Waals surface area contributed by atoms with Crippen molar-refractivity contribution in [1.82, 2.24) is 0 Å². The lowest BCUT2D eigenvalue weighted by molar-refractivity contribution is -0.153. The second-order valence-corrected chi connectivity index (χ2v) is 3.55. The Morgan fingerprint density at radius 2 is 2.05 bits per heavy atom. The number of alkyl halides is 3. The van der Waals surface area contributed by atoms with Crippen molar-refractivity contribution in [3.8, 4) is 5.75 Å². The Balaban J connectivity index is 2.89. The van der Waals surface area contributed by atoms with Gasteiger partial charge in [0.15, 0.2) is 6.61 Å². The maximum absolute atomic E-state index is 12.0. The zero-order valence-corrected chi connectivity index (χ0v) is 9.86. The van der Waals surface area contributed by atoms with Gasteiger partial charge in [0.1, 0.15) is 11.4 Å². The second-order valence-electron chi connectivity index (χ2n) is 3.55. The van der Waals surface area contributed by atoms with Crippen molar-refractivity contribution < 1.29 is 27.4 Å². The van der Waals surface area contributed by atoms with E-state index in [-0.39, 0.29) is 17.9 Å². The minimum Gasteiger partial charge on any atom is -0.482 e. The molecule has 5 nitrogen and oxygen atoms in total. The van der Waals surface area contributed by atoms with Crippen LogP contribution in [0, 0.1) is 4.91 Å². The summed E-state index contributed by atoms with van der Waals surface area (Å²) in [5.74, 6) is -0.887. The number of carbonyl (C=O) groups excluding carboxylic acids is 1. The molecule has 8 heteroatoms. The van der Waals surface area contributed by atoms with Gasteiger partial charge < -0.3 is 9.47 Å². The Labute approximate surface area is 106 Å². The topological polar surface area (TPSA) is 65.0 Å². The van der Waals surface area contributed by atoms with Crippen molar-refractivity contribution in [2.45, 2.75) is 12.6 Å².